The second kappa shape index (κ2) is 8.86. The highest BCUT2D eigenvalue weighted by Gasteiger charge is 2.15. The second-order valence-electron chi connectivity index (χ2n) is 5.96. The Hall–Kier alpha value is -1.84. The van der Waals surface area contributed by atoms with E-state index < -0.39 is 0 Å². The number of carbonyl (C=O) groups is 1. The maximum absolute atomic E-state index is 12.4. The number of quaternary nitrogens is 1. The molecule has 0 aliphatic heterocycles. The lowest BCUT2D eigenvalue weighted by atomic mass is 10.0. The fraction of sp³-hybridized carbons (Fsp3) is 0.350. The summed E-state index contributed by atoms with van der Waals surface area (Å²) in [6.07, 6.45) is 1.81. The van der Waals surface area contributed by atoms with E-state index in [9.17, 15) is 4.79 Å². The van der Waals surface area contributed by atoms with Gasteiger partial charge in [-0.15, -0.1) is 0 Å². The lowest BCUT2D eigenvalue weighted by Gasteiger charge is -2.15. The van der Waals surface area contributed by atoms with Crippen molar-refractivity contribution in [3.8, 4) is 0 Å². The van der Waals surface area contributed by atoms with E-state index in [0.717, 1.165) is 29.1 Å². The summed E-state index contributed by atoms with van der Waals surface area (Å²) in [5, 5.41) is 5.85. The minimum atomic E-state index is 0.0181. The number of benzene rings is 2. The van der Waals surface area contributed by atoms with Crippen molar-refractivity contribution in [3.63, 3.8) is 0 Å². The Balaban J connectivity index is 2.01. The van der Waals surface area contributed by atoms with Crippen LogP contribution in [0.15, 0.2) is 42.5 Å². The first kappa shape index (κ1) is 18.5. The van der Waals surface area contributed by atoms with Gasteiger partial charge >= 0.3 is 0 Å². The highest BCUT2D eigenvalue weighted by Crippen LogP contribution is 2.22. The van der Waals surface area contributed by atoms with Crippen LogP contribution >= 0.6 is 11.6 Å². The smallest absolute Gasteiger partial charge is 0.279 e. The van der Waals surface area contributed by atoms with Gasteiger partial charge in [-0.25, -0.2) is 0 Å². The summed E-state index contributed by atoms with van der Waals surface area (Å²) in [7, 11) is 0. The molecule has 0 aliphatic rings. The zero-order chi connectivity index (χ0) is 17.5. The van der Waals surface area contributed by atoms with Crippen molar-refractivity contribution in [1.82, 2.24) is 0 Å². The largest absolute Gasteiger partial charge is 0.332 e. The molecule has 1 atom stereocenters. The monoisotopic (exact) mass is 345 g/mol. The summed E-state index contributed by atoms with van der Waals surface area (Å²) in [6, 6.07) is 14.1. The molecule has 128 valence electrons. The normalized spacial score (nSPS) is 12.0. The minimum Gasteiger partial charge on any atom is -0.332 e. The van der Waals surface area contributed by atoms with E-state index in [-0.39, 0.29) is 11.9 Å². The number of para-hydroxylation sites is 1. The van der Waals surface area contributed by atoms with Gasteiger partial charge < -0.3 is 10.6 Å². The molecule has 0 heterocycles. The summed E-state index contributed by atoms with van der Waals surface area (Å²) >= 11 is 6.22. The van der Waals surface area contributed by atoms with Crippen molar-refractivity contribution in [2.24, 2.45) is 0 Å². The quantitative estimate of drug-likeness (QED) is 0.789. The van der Waals surface area contributed by atoms with Gasteiger partial charge in [-0.05, 0) is 37.0 Å². The Morgan fingerprint density at radius 2 is 1.71 bits per heavy atom. The SMILES string of the molecule is CCc1cccc(CC)c1NC(=O)C[NH2+][C@H](C)c1ccccc1Cl. The molecular weight excluding hydrogens is 320 g/mol. The molecule has 0 bridgehead atoms. The molecule has 3 N–H and O–H groups in total. The topological polar surface area (TPSA) is 45.7 Å². The molecule has 0 aliphatic carbocycles. The maximum Gasteiger partial charge on any atom is 0.279 e. The maximum atomic E-state index is 12.4. The van der Waals surface area contributed by atoms with E-state index in [1.807, 2.05) is 29.6 Å². The van der Waals surface area contributed by atoms with Crippen molar-refractivity contribution < 1.29 is 10.1 Å². The molecule has 24 heavy (non-hydrogen) atoms. The van der Waals surface area contributed by atoms with Crippen LogP contribution < -0.4 is 10.6 Å². The third-order valence-electron chi connectivity index (χ3n) is 4.32. The molecule has 0 fully saturated rings. The Kier molecular flexibility index (Phi) is 6.83. The molecule has 2 aromatic carbocycles. The number of carbonyl (C=O) groups excluding carboxylic acids is 1. The molecule has 0 saturated heterocycles. The van der Waals surface area contributed by atoms with E-state index in [2.05, 4.69) is 44.3 Å². The van der Waals surface area contributed by atoms with Gasteiger partial charge in [0.1, 0.15) is 6.04 Å². The molecule has 0 aromatic heterocycles. The van der Waals surface area contributed by atoms with Crippen LogP contribution in [0.1, 0.15) is 43.5 Å². The molecule has 0 unspecified atom stereocenters. The average molecular weight is 346 g/mol. The van der Waals surface area contributed by atoms with Crippen LogP contribution in [0.25, 0.3) is 0 Å². The number of nitrogens with one attached hydrogen (secondary N) is 1. The Labute approximate surface area is 149 Å². The predicted octanol–water partition coefficient (Wildman–Crippen LogP) is 3.73. The average Bonchev–Trinajstić information content (AvgIpc) is 2.60. The highest BCUT2D eigenvalue weighted by atomic mass is 35.5. The van der Waals surface area contributed by atoms with Crippen molar-refractivity contribution in [2.75, 3.05) is 11.9 Å². The Morgan fingerprint density at radius 1 is 1.08 bits per heavy atom. The summed E-state index contributed by atoms with van der Waals surface area (Å²) in [5.41, 5.74) is 4.39. The van der Waals surface area contributed by atoms with Crippen LogP contribution in [-0.4, -0.2) is 12.5 Å². The zero-order valence-electron chi connectivity index (χ0n) is 14.6. The third-order valence-corrected chi connectivity index (χ3v) is 4.66. The van der Waals surface area contributed by atoms with Gasteiger partial charge in [-0.2, -0.15) is 0 Å². The molecule has 0 spiro atoms. The van der Waals surface area contributed by atoms with Crippen LogP contribution in [-0.2, 0) is 17.6 Å². The lowest BCUT2D eigenvalue weighted by Crippen LogP contribution is -2.86. The van der Waals surface area contributed by atoms with Gasteiger partial charge in [-0.1, -0.05) is 61.8 Å². The van der Waals surface area contributed by atoms with Crippen LogP contribution in [0, 0.1) is 0 Å². The fourth-order valence-corrected chi connectivity index (χ4v) is 3.16. The number of rotatable bonds is 7. The van der Waals surface area contributed by atoms with Crippen molar-refractivity contribution >= 4 is 23.2 Å². The second-order valence-corrected chi connectivity index (χ2v) is 6.36. The van der Waals surface area contributed by atoms with E-state index in [0.29, 0.717) is 6.54 Å². The number of hydrogen-bond acceptors (Lipinski definition) is 1. The van der Waals surface area contributed by atoms with E-state index in [4.69, 9.17) is 11.6 Å². The summed E-state index contributed by atoms with van der Waals surface area (Å²) in [5.74, 6) is 0.0181. The molecule has 0 saturated carbocycles. The summed E-state index contributed by atoms with van der Waals surface area (Å²) in [6.45, 7) is 6.64. The highest BCUT2D eigenvalue weighted by molar-refractivity contribution is 6.31. The van der Waals surface area contributed by atoms with Crippen LogP contribution in [0.3, 0.4) is 0 Å². The van der Waals surface area contributed by atoms with Crippen LogP contribution in [0.2, 0.25) is 5.02 Å². The standard InChI is InChI=1S/C20H25ClN2O/c1-4-15-9-8-10-16(5-2)20(15)23-19(24)13-22-14(3)17-11-6-7-12-18(17)21/h6-12,14,22H,4-5,13H2,1-3H3,(H,23,24)/p+1/t14-/m1/s1. The molecule has 3 nitrogen and oxygen atoms in total. The molecule has 2 rings (SSSR count). The molecule has 1 amide bonds. The van der Waals surface area contributed by atoms with Crippen molar-refractivity contribution in [3.05, 3.63) is 64.2 Å². The van der Waals surface area contributed by atoms with Gasteiger partial charge in [-0.3, -0.25) is 4.79 Å². The summed E-state index contributed by atoms with van der Waals surface area (Å²) < 4.78 is 0. The van der Waals surface area contributed by atoms with Gasteiger partial charge in [0.05, 0.1) is 0 Å². The Bertz CT molecular complexity index is 678. The fourth-order valence-electron chi connectivity index (χ4n) is 2.85. The first-order valence-corrected chi connectivity index (χ1v) is 8.92. The number of hydrogen-bond donors (Lipinski definition) is 2. The number of aryl methyl sites for hydroxylation is 2. The molecule has 0 radical (unpaired) electrons. The van der Waals surface area contributed by atoms with Crippen LogP contribution in [0.5, 0.6) is 0 Å². The predicted molar refractivity (Wildman–Crippen MR) is 100 cm³/mol. The van der Waals surface area contributed by atoms with Gasteiger partial charge in [0.15, 0.2) is 6.54 Å². The first-order valence-electron chi connectivity index (χ1n) is 8.55. The lowest BCUT2D eigenvalue weighted by molar-refractivity contribution is -0.682. The first-order chi connectivity index (χ1) is 11.6. The molecular formula is C20H26ClN2O+. The number of anilines is 1. The molecule has 4 heteroatoms. The van der Waals surface area contributed by atoms with E-state index in [1.54, 1.807) is 0 Å². The number of nitrogens with two attached hydrogens (primary N) is 1. The zero-order valence-corrected chi connectivity index (χ0v) is 15.4. The Morgan fingerprint density at radius 3 is 2.29 bits per heavy atom. The van der Waals surface area contributed by atoms with E-state index >= 15 is 0 Å². The number of amides is 1. The van der Waals surface area contributed by atoms with Crippen LogP contribution in [0.4, 0.5) is 5.69 Å². The number of halogens is 1. The molecule has 2 aromatic rings. The van der Waals surface area contributed by atoms with Crippen molar-refractivity contribution in [2.45, 2.75) is 39.7 Å². The van der Waals surface area contributed by atoms with Gasteiger partial charge in [0.25, 0.3) is 5.91 Å². The van der Waals surface area contributed by atoms with Crippen molar-refractivity contribution in [1.29, 1.82) is 0 Å². The van der Waals surface area contributed by atoms with Gasteiger partial charge in [0.2, 0.25) is 0 Å². The minimum absolute atomic E-state index is 0.0181. The van der Waals surface area contributed by atoms with E-state index in [1.165, 1.54) is 11.1 Å². The summed E-state index contributed by atoms with van der Waals surface area (Å²) in [4.78, 5) is 12.4. The third kappa shape index (κ3) is 4.59. The van der Waals surface area contributed by atoms with Gasteiger partial charge in [0, 0.05) is 16.3 Å².